The van der Waals surface area contributed by atoms with E-state index in [-0.39, 0.29) is 0 Å². The standard InChI is InChI=1S/C10H7IN2S/c11-9-5-7(13)3-6-4-8(1-2-12)14-10(6)9/h3-5H,1,13H2. The van der Waals surface area contributed by atoms with Crippen molar-refractivity contribution in [3.63, 3.8) is 0 Å². The van der Waals surface area contributed by atoms with E-state index < -0.39 is 0 Å². The lowest BCUT2D eigenvalue weighted by molar-refractivity contribution is 1.32. The van der Waals surface area contributed by atoms with Crippen LogP contribution in [-0.4, -0.2) is 0 Å². The molecule has 1 aromatic heterocycles. The quantitative estimate of drug-likeness (QED) is 0.649. The van der Waals surface area contributed by atoms with Crippen LogP contribution in [0.15, 0.2) is 18.2 Å². The van der Waals surface area contributed by atoms with Gasteiger partial charge in [0, 0.05) is 18.8 Å². The van der Waals surface area contributed by atoms with Gasteiger partial charge in [0.15, 0.2) is 0 Å². The van der Waals surface area contributed by atoms with Gasteiger partial charge in [-0.3, -0.25) is 0 Å². The third-order valence-corrected chi connectivity index (χ3v) is 4.30. The lowest BCUT2D eigenvalue weighted by atomic mass is 10.2. The Morgan fingerprint density at radius 3 is 2.93 bits per heavy atom. The number of anilines is 1. The molecule has 0 fully saturated rings. The number of hydrogen-bond donors (Lipinski definition) is 1. The van der Waals surface area contributed by atoms with Crippen molar-refractivity contribution in [2.24, 2.45) is 0 Å². The molecule has 0 bridgehead atoms. The first-order valence-electron chi connectivity index (χ1n) is 4.05. The minimum atomic E-state index is 0.481. The first-order chi connectivity index (χ1) is 6.70. The van der Waals surface area contributed by atoms with Gasteiger partial charge in [-0.1, -0.05) is 0 Å². The molecule has 0 saturated heterocycles. The van der Waals surface area contributed by atoms with E-state index in [0.717, 1.165) is 19.5 Å². The molecule has 1 heterocycles. The molecular formula is C10H7IN2S. The van der Waals surface area contributed by atoms with E-state index in [9.17, 15) is 0 Å². The monoisotopic (exact) mass is 314 g/mol. The molecule has 0 atom stereocenters. The van der Waals surface area contributed by atoms with Crippen molar-refractivity contribution in [3.05, 3.63) is 26.6 Å². The van der Waals surface area contributed by atoms with Gasteiger partial charge in [-0.15, -0.1) is 11.3 Å². The van der Waals surface area contributed by atoms with Gasteiger partial charge in [0.05, 0.1) is 12.5 Å². The molecule has 0 spiro atoms. The minimum Gasteiger partial charge on any atom is -0.399 e. The smallest absolute Gasteiger partial charge is 0.0696 e. The summed E-state index contributed by atoms with van der Waals surface area (Å²) in [6.07, 6.45) is 0.481. The van der Waals surface area contributed by atoms with Crippen molar-refractivity contribution in [1.82, 2.24) is 0 Å². The summed E-state index contributed by atoms with van der Waals surface area (Å²) in [5.41, 5.74) is 6.52. The van der Waals surface area contributed by atoms with Crippen LogP contribution in [0.5, 0.6) is 0 Å². The summed E-state index contributed by atoms with van der Waals surface area (Å²) in [4.78, 5) is 1.10. The Bertz CT molecular complexity index is 525. The number of nitrogens with two attached hydrogens (primary N) is 1. The fourth-order valence-electron chi connectivity index (χ4n) is 1.35. The van der Waals surface area contributed by atoms with Gasteiger partial charge in [-0.2, -0.15) is 5.26 Å². The Kier molecular flexibility index (Phi) is 2.61. The first kappa shape index (κ1) is 9.74. The highest BCUT2D eigenvalue weighted by Crippen LogP contribution is 2.31. The van der Waals surface area contributed by atoms with Crippen LogP contribution in [0.2, 0.25) is 0 Å². The molecule has 2 N–H and O–H groups in total. The number of nitriles is 1. The average molecular weight is 314 g/mol. The van der Waals surface area contributed by atoms with E-state index in [1.807, 2.05) is 18.2 Å². The maximum absolute atomic E-state index is 8.60. The van der Waals surface area contributed by atoms with Crippen LogP contribution in [0.3, 0.4) is 0 Å². The number of nitrogen functional groups attached to an aromatic ring is 1. The molecule has 2 aromatic rings. The fraction of sp³-hybridized carbons (Fsp3) is 0.100. The van der Waals surface area contributed by atoms with Gasteiger partial charge >= 0.3 is 0 Å². The normalized spacial score (nSPS) is 10.3. The highest BCUT2D eigenvalue weighted by Gasteiger charge is 2.05. The summed E-state index contributed by atoms with van der Waals surface area (Å²) in [6, 6.07) is 8.11. The third-order valence-electron chi connectivity index (χ3n) is 1.90. The second kappa shape index (κ2) is 3.75. The second-order valence-electron chi connectivity index (χ2n) is 2.97. The van der Waals surface area contributed by atoms with E-state index in [4.69, 9.17) is 11.0 Å². The number of nitrogens with zero attached hydrogens (tertiary/aromatic N) is 1. The fourth-order valence-corrected chi connectivity index (χ4v) is 3.33. The number of hydrogen-bond acceptors (Lipinski definition) is 3. The SMILES string of the molecule is N#CCc1cc2cc(N)cc(I)c2s1. The first-order valence-corrected chi connectivity index (χ1v) is 5.94. The van der Waals surface area contributed by atoms with Gasteiger partial charge < -0.3 is 5.73 Å². The molecule has 0 saturated carbocycles. The van der Waals surface area contributed by atoms with Crippen LogP contribution < -0.4 is 5.73 Å². The predicted molar refractivity (Wildman–Crippen MR) is 68.3 cm³/mol. The number of halogens is 1. The van der Waals surface area contributed by atoms with Gasteiger partial charge in [0.1, 0.15) is 0 Å². The third kappa shape index (κ3) is 1.70. The Morgan fingerprint density at radius 2 is 2.21 bits per heavy atom. The molecule has 0 aliphatic carbocycles. The van der Waals surface area contributed by atoms with Crippen molar-refractivity contribution >= 4 is 49.7 Å². The highest BCUT2D eigenvalue weighted by molar-refractivity contribution is 14.1. The summed E-state index contributed by atoms with van der Waals surface area (Å²) in [6.45, 7) is 0. The average Bonchev–Trinajstić information content (AvgIpc) is 2.48. The number of rotatable bonds is 1. The zero-order chi connectivity index (χ0) is 10.1. The van der Waals surface area contributed by atoms with E-state index in [1.54, 1.807) is 11.3 Å². The van der Waals surface area contributed by atoms with Crippen molar-refractivity contribution < 1.29 is 0 Å². The lowest BCUT2D eigenvalue weighted by Gasteiger charge is -1.95. The zero-order valence-corrected chi connectivity index (χ0v) is 10.2. The number of fused-ring (bicyclic) bond motifs is 1. The molecule has 4 heteroatoms. The van der Waals surface area contributed by atoms with E-state index >= 15 is 0 Å². The highest BCUT2D eigenvalue weighted by atomic mass is 127. The van der Waals surface area contributed by atoms with Crippen LogP contribution in [0, 0.1) is 14.9 Å². The topological polar surface area (TPSA) is 49.8 Å². The Balaban J connectivity index is 2.66. The Morgan fingerprint density at radius 1 is 1.43 bits per heavy atom. The Hall–Kier alpha value is -0.800. The molecule has 0 aliphatic rings. The van der Waals surface area contributed by atoms with E-state index in [1.165, 1.54) is 4.70 Å². The molecule has 14 heavy (non-hydrogen) atoms. The van der Waals surface area contributed by atoms with Crippen LogP contribution >= 0.6 is 33.9 Å². The van der Waals surface area contributed by atoms with Crippen LogP contribution in [0.1, 0.15) is 4.88 Å². The van der Waals surface area contributed by atoms with E-state index in [2.05, 4.69) is 28.7 Å². The van der Waals surface area contributed by atoms with Crippen molar-refractivity contribution in [3.8, 4) is 6.07 Å². The van der Waals surface area contributed by atoms with Crippen LogP contribution in [-0.2, 0) is 6.42 Å². The summed E-state index contributed by atoms with van der Waals surface area (Å²) in [5.74, 6) is 0. The summed E-state index contributed by atoms with van der Waals surface area (Å²) >= 11 is 3.94. The minimum absolute atomic E-state index is 0.481. The molecule has 2 nitrogen and oxygen atoms in total. The Labute approximate surface area is 99.5 Å². The van der Waals surface area contributed by atoms with Gasteiger partial charge in [0.25, 0.3) is 0 Å². The number of thiophene rings is 1. The molecular weight excluding hydrogens is 307 g/mol. The number of benzene rings is 1. The van der Waals surface area contributed by atoms with Gasteiger partial charge in [-0.05, 0) is 46.2 Å². The van der Waals surface area contributed by atoms with Gasteiger partial charge in [-0.25, -0.2) is 0 Å². The van der Waals surface area contributed by atoms with Crippen LogP contribution in [0.25, 0.3) is 10.1 Å². The maximum Gasteiger partial charge on any atom is 0.0696 e. The molecule has 0 amide bonds. The summed E-state index contributed by atoms with van der Waals surface area (Å²) in [7, 11) is 0. The van der Waals surface area contributed by atoms with Crippen molar-refractivity contribution in [2.45, 2.75) is 6.42 Å². The molecule has 1 aromatic carbocycles. The largest absolute Gasteiger partial charge is 0.399 e. The zero-order valence-electron chi connectivity index (χ0n) is 7.25. The van der Waals surface area contributed by atoms with Crippen molar-refractivity contribution in [1.29, 1.82) is 5.26 Å². The molecule has 0 aliphatic heterocycles. The van der Waals surface area contributed by atoms with Gasteiger partial charge in [0.2, 0.25) is 0 Å². The predicted octanol–water partition coefficient (Wildman–Crippen LogP) is 3.15. The molecule has 0 radical (unpaired) electrons. The van der Waals surface area contributed by atoms with E-state index in [0.29, 0.717) is 6.42 Å². The molecule has 2 rings (SSSR count). The second-order valence-corrected chi connectivity index (χ2v) is 5.27. The maximum atomic E-state index is 8.60. The van der Waals surface area contributed by atoms with Crippen molar-refractivity contribution in [2.75, 3.05) is 5.73 Å². The lowest BCUT2D eigenvalue weighted by Crippen LogP contribution is -1.84. The molecule has 0 unspecified atom stereocenters. The molecule has 70 valence electrons. The van der Waals surface area contributed by atoms with Crippen LogP contribution in [0.4, 0.5) is 5.69 Å². The summed E-state index contributed by atoms with van der Waals surface area (Å²) < 4.78 is 2.39. The summed E-state index contributed by atoms with van der Waals surface area (Å²) in [5, 5.41) is 9.74.